The van der Waals surface area contributed by atoms with Gasteiger partial charge < -0.3 is 0 Å². The van der Waals surface area contributed by atoms with Crippen molar-refractivity contribution in [1.29, 1.82) is 0 Å². The fourth-order valence-electron chi connectivity index (χ4n) is 1.87. The molecule has 0 aliphatic rings. The number of benzene rings is 2. The van der Waals surface area contributed by atoms with Crippen LogP contribution in [0.5, 0.6) is 0 Å². The molecule has 0 atom stereocenters. The highest BCUT2D eigenvalue weighted by atomic mass is 14.0. The molecule has 0 aromatic heterocycles. The lowest BCUT2D eigenvalue weighted by molar-refractivity contribution is 1.44. The van der Waals surface area contributed by atoms with Crippen LogP contribution in [-0.2, 0) is 0 Å². The number of rotatable bonds is 3. The maximum absolute atomic E-state index is 2.15. The Balaban J connectivity index is 2.14. The second-order valence-corrected chi connectivity index (χ2v) is 4.43. The van der Waals surface area contributed by atoms with Crippen LogP contribution in [0.4, 0.5) is 0 Å². The van der Waals surface area contributed by atoms with Crippen LogP contribution in [0.25, 0.3) is 11.6 Å². The Kier molecular flexibility index (Phi) is 4.14. The quantitative estimate of drug-likeness (QED) is 0.647. The first kappa shape index (κ1) is 12.4. The summed E-state index contributed by atoms with van der Waals surface area (Å²) in [5.41, 5.74) is 5.13. The van der Waals surface area contributed by atoms with Crippen molar-refractivity contribution >= 4 is 11.6 Å². The normalized spacial score (nSPS) is 12.0. The highest BCUT2D eigenvalue weighted by Gasteiger charge is 1.92. The summed E-state index contributed by atoms with van der Waals surface area (Å²) in [7, 11) is 0. The molecule has 0 amide bonds. The van der Waals surface area contributed by atoms with Gasteiger partial charge in [0.1, 0.15) is 0 Å². The Morgan fingerprint density at radius 3 is 2.28 bits per heavy atom. The van der Waals surface area contributed by atoms with Gasteiger partial charge in [0.25, 0.3) is 0 Å². The average Bonchev–Trinajstić information content (AvgIpc) is 2.42. The monoisotopic (exact) mass is 234 g/mol. The lowest BCUT2D eigenvalue weighted by Crippen LogP contribution is -1.78. The molecule has 0 N–H and O–H groups in total. The summed E-state index contributed by atoms with van der Waals surface area (Å²) >= 11 is 0. The minimum absolute atomic E-state index is 1.27. The summed E-state index contributed by atoms with van der Waals surface area (Å²) < 4.78 is 0. The molecule has 0 heterocycles. The van der Waals surface area contributed by atoms with E-state index in [1.54, 1.807) is 0 Å². The lowest BCUT2D eigenvalue weighted by atomic mass is 10.1. The Labute approximate surface area is 109 Å². The van der Waals surface area contributed by atoms with Gasteiger partial charge in [0.2, 0.25) is 0 Å². The van der Waals surface area contributed by atoms with Gasteiger partial charge in [0, 0.05) is 0 Å². The zero-order valence-corrected chi connectivity index (χ0v) is 10.9. The van der Waals surface area contributed by atoms with Crippen molar-refractivity contribution in [3.05, 3.63) is 83.4 Å². The van der Waals surface area contributed by atoms with Crippen LogP contribution >= 0.6 is 0 Å². The first-order valence-electron chi connectivity index (χ1n) is 6.23. The van der Waals surface area contributed by atoms with Crippen molar-refractivity contribution in [2.75, 3.05) is 0 Å². The van der Waals surface area contributed by atoms with E-state index in [9.17, 15) is 0 Å². The van der Waals surface area contributed by atoms with E-state index in [0.717, 1.165) is 0 Å². The third-order valence-corrected chi connectivity index (χ3v) is 3.04. The SMILES string of the molecule is CC(=CC=Cc1ccccc1C)c1ccccc1. The molecule has 0 aliphatic heterocycles. The molecule has 0 spiro atoms. The van der Waals surface area contributed by atoms with Gasteiger partial charge in [-0.2, -0.15) is 0 Å². The summed E-state index contributed by atoms with van der Waals surface area (Å²) in [6.07, 6.45) is 6.42. The molecule has 0 saturated heterocycles. The minimum atomic E-state index is 1.27. The van der Waals surface area contributed by atoms with Crippen molar-refractivity contribution in [3.63, 3.8) is 0 Å². The van der Waals surface area contributed by atoms with Crippen LogP contribution in [0.1, 0.15) is 23.6 Å². The van der Waals surface area contributed by atoms with Crippen LogP contribution in [-0.4, -0.2) is 0 Å². The topological polar surface area (TPSA) is 0 Å². The predicted octanol–water partition coefficient (Wildman–Crippen LogP) is 5.11. The van der Waals surface area contributed by atoms with E-state index < -0.39 is 0 Å². The van der Waals surface area contributed by atoms with Gasteiger partial charge in [0.15, 0.2) is 0 Å². The Hall–Kier alpha value is -2.08. The highest BCUT2D eigenvalue weighted by molar-refractivity contribution is 5.67. The Morgan fingerprint density at radius 1 is 0.889 bits per heavy atom. The van der Waals surface area contributed by atoms with Gasteiger partial charge in [-0.1, -0.05) is 72.8 Å². The van der Waals surface area contributed by atoms with Gasteiger partial charge >= 0.3 is 0 Å². The van der Waals surface area contributed by atoms with Crippen LogP contribution in [0.2, 0.25) is 0 Å². The van der Waals surface area contributed by atoms with Gasteiger partial charge in [-0.25, -0.2) is 0 Å². The van der Waals surface area contributed by atoms with Crippen LogP contribution in [0.3, 0.4) is 0 Å². The van der Waals surface area contributed by atoms with E-state index in [2.05, 4.69) is 80.6 Å². The average molecular weight is 234 g/mol. The fourth-order valence-corrected chi connectivity index (χ4v) is 1.87. The minimum Gasteiger partial charge on any atom is -0.0622 e. The molecule has 2 aromatic carbocycles. The maximum atomic E-state index is 2.15. The van der Waals surface area contributed by atoms with Crippen molar-refractivity contribution in [1.82, 2.24) is 0 Å². The third kappa shape index (κ3) is 3.21. The highest BCUT2D eigenvalue weighted by Crippen LogP contribution is 2.14. The molecule has 90 valence electrons. The first-order valence-corrected chi connectivity index (χ1v) is 6.23. The van der Waals surface area contributed by atoms with Gasteiger partial charge in [0.05, 0.1) is 0 Å². The molecule has 0 nitrogen and oxygen atoms in total. The summed E-state index contributed by atoms with van der Waals surface area (Å²) in [4.78, 5) is 0. The van der Waals surface area contributed by atoms with Gasteiger partial charge in [-0.15, -0.1) is 0 Å². The fraction of sp³-hybridized carbons (Fsp3) is 0.111. The molecule has 0 bridgehead atoms. The first-order chi connectivity index (χ1) is 8.77. The predicted molar refractivity (Wildman–Crippen MR) is 80.3 cm³/mol. The van der Waals surface area contributed by atoms with E-state index in [4.69, 9.17) is 0 Å². The summed E-state index contributed by atoms with van der Waals surface area (Å²) in [6.45, 7) is 4.27. The summed E-state index contributed by atoms with van der Waals surface area (Å²) in [6, 6.07) is 18.8. The zero-order chi connectivity index (χ0) is 12.8. The smallest absolute Gasteiger partial charge is 0.0227 e. The molecule has 0 radical (unpaired) electrons. The summed E-state index contributed by atoms with van der Waals surface area (Å²) in [5.74, 6) is 0. The number of hydrogen-bond donors (Lipinski definition) is 0. The van der Waals surface area contributed by atoms with E-state index in [-0.39, 0.29) is 0 Å². The largest absolute Gasteiger partial charge is 0.0622 e. The van der Waals surface area contributed by atoms with Gasteiger partial charge in [-0.3, -0.25) is 0 Å². The van der Waals surface area contributed by atoms with E-state index in [1.165, 1.54) is 22.3 Å². The van der Waals surface area contributed by atoms with E-state index >= 15 is 0 Å². The second kappa shape index (κ2) is 6.02. The molecular formula is C18H18. The standard InChI is InChI=1S/C18H18/c1-15-9-6-7-13-18(15)14-8-10-16(2)17-11-4-3-5-12-17/h3-14H,1-2H3. The molecule has 18 heavy (non-hydrogen) atoms. The van der Waals surface area contributed by atoms with E-state index in [0.29, 0.717) is 0 Å². The molecule has 0 heteroatoms. The third-order valence-electron chi connectivity index (χ3n) is 3.04. The lowest BCUT2D eigenvalue weighted by Gasteiger charge is -1.99. The van der Waals surface area contributed by atoms with Crippen molar-refractivity contribution in [2.24, 2.45) is 0 Å². The molecule has 0 unspecified atom stereocenters. The molecular weight excluding hydrogens is 216 g/mol. The van der Waals surface area contributed by atoms with Crippen LogP contribution in [0.15, 0.2) is 66.7 Å². The molecule has 0 fully saturated rings. The zero-order valence-electron chi connectivity index (χ0n) is 10.9. The molecule has 2 rings (SSSR count). The van der Waals surface area contributed by atoms with Crippen LogP contribution in [0, 0.1) is 6.92 Å². The van der Waals surface area contributed by atoms with Gasteiger partial charge in [-0.05, 0) is 36.1 Å². The Morgan fingerprint density at radius 2 is 1.56 bits per heavy atom. The van der Waals surface area contributed by atoms with E-state index in [1.807, 2.05) is 6.07 Å². The maximum Gasteiger partial charge on any atom is -0.0227 e. The number of hydrogen-bond acceptors (Lipinski definition) is 0. The number of aryl methyl sites for hydroxylation is 1. The van der Waals surface area contributed by atoms with Crippen molar-refractivity contribution in [3.8, 4) is 0 Å². The van der Waals surface area contributed by atoms with Crippen molar-refractivity contribution in [2.45, 2.75) is 13.8 Å². The van der Waals surface area contributed by atoms with Crippen LogP contribution < -0.4 is 0 Å². The van der Waals surface area contributed by atoms with Crippen molar-refractivity contribution < 1.29 is 0 Å². The summed E-state index contributed by atoms with van der Waals surface area (Å²) in [5, 5.41) is 0. The molecule has 0 saturated carbocycles. The molecule has 2 aromatic rings. The molecule has 0 aliphatic carbocycles. The second-order valence-electron chi connectivity index (χ2n) is 4.43. The number of allylic oxidation sites excluding steroid dienone is 3. The Bertz CT molecular complexity index is 560.